The van der Waals surface area contributed by atoms with Crippen molar-refractivity contribution in [2.75, 3.05) is 18.5 Å². The Hall–Kier alpha value is -2.81. The molecule has 2 aliphatic rings. The minimum atomic E-state index is -4.21. The Balaban J connectivity index is 1.44. The zero-order valence-electron chi connectivity index (χ0n) is 17.7. The Morgan fingerprint density at radius 1 is 1.26 bits per heavy atom. The number of hydrogen-bond acceptors (Lipinski definition) is 8. The first-order valence-electron chi connectivity index (χ1n) is 10.5. The zero-order valence-corrected chi connectivity index (χ0v) is 18.5. The molecule has 0 bridgehead atoms. The van der Waals surface area contributed by atoms with Crippen LogP contribution in [0.5, 0.6) is 0 Å². The molecule has 10 nitrogen and oxygen atoms in total. The molecular formula is C20H21F3N6O4S. The average molecular weight is 498 g/mol. The first-order chi connectivity index (χ1) is 16.2. The Labute approximate surface area is 192 Å². The molecule has 2 atom stereocenters. The van der Waals surface area contributed by atoms with Crippen molar-refractivity contribution in [3.8, 4) is 11.4 Å². The van der Waals surface area contributed by atoms with Gasteiger partial charge in [-0.05, 0) is 30.9 Å². The summed E-state index contributed by atoms with van der Waals surface area (Å²) in [6.07, 6.45) is 0.487. The molecule has 0 radical (unpaired) electrons. The van der Waals surface area contributed by atoms with Crippen LogP contribution < -0.4 is 10.5 Å². The van der Waals surface area contributed by atoms with Crippen LogP contribution >= 0.6 is 0 Å². The molecule has 14 heteroatoms. The molecule has 3 aromatic rings. The number of nitrogens with one attached hydrogen (secondary N) is 1. The zero-order chi connectivity index (χ0) is 24.1. The molecule has 4 heterocycles. The smallest absolute Gasteiger partial charge is 0.333 e. The third kappa shape index (κ3) is 4.33. The lowest BCUT2D eigenvalue weighted by molar-refractivity contribution is 0.00221. The van der Waals surface area contributed by atoms with E-state index >= 15 is 0 Å². The molecule has 3 N–H and O–H groups in total. The quantitative estimate of drug-likeness (QED) is 0.505. The molecule has 5 rings (SSSR count). The van der Waals surface area contributed by atoms with E-state index in [1.807, 2.05) is 0 Å². The van der Waals surface area contributed by atoms with Crippen LogP contribution in [0.2, 0.25) is 0 Å². The van der Waals surface area contributed by atoms with Gasteiger partial charge in [0.2, 0.25) is 12.4 Å². The van der Waals surface area contributed by atoms with Crippen molar-refractivity contribution in [3.05, 3.63) is 42.0 Å². The summed E-state index contributed by atoms with van der Waals surface area (Å²) < 4.78 is 75.5. The molecular weight excluding hydrogens is 477 g/mol. The molecule has 1 aliphatic heterocycles. The van der Waals surface area contributed by atoms with Crippen LogP contribution in [0.25, 0.3) is 16.9 Å². The first-order valence-corrected chi connectivity index (χ1v) is 12.0. The highest BCUT2D eigenvalue weighted by molar-refractivity contribution is 7.84. The molecule has 0 unspecified atom stereocenters. The van der Waals surface area contributed by atoms with Gasteiger partial charge in [-0.3, -0.25) is 9.17 Å². The monoisotopic (exact) mass is 498 g/mol. The number of rotatable bonds is 7. The SMILES string of the molecule is NS(=O)(=O)O[C@@H]1COCC[C@H]1Nc1ncc2c(F)cc(-c3ccc(C4(C(F)F)CC4)cn3)n2n1. The fourth-order valence-corrected chi connectivity index (χ4v) is 4.65. The average Bonchev–Trinajstić information content (AvgIpc) is 3.54. The van der Waals surface area contributed by atoms with E-state index in [4.69, 9.17) is 14.1 Å². The molecule has 1 saturated carbocycles. The lowest BCUT2D eigenvalue weighted by Gasteiger charge is -2.30. The van der Waals surface area contributed by atoms with Crippen LogP contribution in [0.3, 0.4) is 0 Å². The second kappa shape index (κ2) is 8.45. The van der Waals surface area contributed by atoms with Gasteiger partial charge in [0.25, 0.3) is 0 Å². The van der Waals surface area contributed by atoms with Gasteiger partial charge >= 0.3 is 10.3 Å². The van der Waals surface area contributed by atoms with Crippen LogP contribution in [0.15, 0.2) is 30.6 Å². The molecule has 0 amide bonds. The highest BCUT2D eigenvalue weighted by Gasteiger charge is 2.52. The predicted molar refractivity (Wildman–Crippen MR) is 114 cm³/mol. The normalized spacial score (nSPS) is 22.3. The molecule has 1 aliphatic carbocycles. The number of halogens is 3. The number of hydrogen-bond donors (Lipinski definition) is 2. The summed E-state index contributed by atoms with van der Waals surface area (Å²) in [5.41, 5.74) is 0.0397. The van der Waals surface area contributed by atoms with Gasteiger partial charge in [0.1, 0.15) is 11.6 Å². The summed E-state index contributed by atoms with van der Waals surface area (Å²) in [6.45, 7) is 0.348. The molecule has 182 valence electrons. The summed E-state index contributed by atoms with van der Waals surface area (Å²) in [4.78, 5) is 8.39. The molecule has 2 fully saturated rings. The van der Waals surface area contributed by atoms with E-state index in [0.717, 1.165) is 0 Å². The van der Waals surface area contributed by atoms with Gasteiger partial charge in [0.05, 0.1) is 35.6 Å². The van der Waals surface area contributed by atoms with Gasteiger partial charge in [-0.1, -0.05) is 6.07 Å². The van der Waals surface area contributed by atoms with Crippen LogP contribution in [0, 0.1) is 5.82 Å². The Bertz CT molecular complexity index is 1310. The molecule has 0 aromatic carbocycles. The van der Waals surface area contributed by atoms with E-state index in [0.29, 0.717) is 42.8 Å². The van der Waals surface area contributed by atoms with Gasteiger partial charge in [-0.15, -0.1) is 5.10 Å². The summed E-state index contributed by atoms with van der Waals surface area (Å²) >= 11 is 0. The minimum Gasteiger partial charge on any atom is -0.379 e. The summed E-state index contributed by atoms with van der Waals surface area (Å²) in [5.74, 6) is -0.495. The minimum absolute atomic E-state index is 0.00385. The van der Waals surface area contributed by atoms with Crippen molar-refractivity contribution in [2.45, 2.75) is 43.2 Å². The standard InChI is InChI=1S/C20H21F3N6O4S/c21-12-7-15(13-2-1-11(8-25-13)20(4-5-20)18(22)23)29-16(12)9-26-19(28-29)27-14-3-6-32-10-17(14)33-34(24,30)31/h1-2,7-9,14,17-18H,3-6,10H2,(H,27,28)(H2,24,30,31)/t14-,17-/m1/s1. The van der Waals surface area contributed by atoms with E-state index in [9.17, 15) is 21.6 Å². The van der Waals surface area contributed by atoms with Crippen molar-refractivity contribution >= 4 is 21.8 Å². The highest BCUT2D eigenvalue weighted by atomic mass is 32.2. The van der Waals surface area contributed by atoms with E-state index in [1.54, 1.807) is 12.1 Å². The molecule has 3 aromatic heterocycles. The second-order valence-electron chi connectivity index (χ2n) is 8.39. The maximum atomic E-state index is 14.5. The van der Waals surface area contributed by atoms with Gasteiger partial charge in [-0.25, -0.2) is 27.8 Å². The summed E-state index contributed by atoms with van der Waals surface area (Å²) in [5, 5.41) is 12.3. The molecule has 34 heavy (non-hydrogen) atoms. The van der Waals surface area contributed by atoms with Crippen molar-refractivity contribution < 1.29 is 30.5 Å². The van der Waals surface area contributed by atoms with E-state index in [-0.39, 0.29) is 18.1 Å². The maximum absolute atomic E-state index is 14.5. The number of nitrogens with zero attached hydrogens (tertiary/aromatic N) is 4. The van der Waals surface area contributed by atoms with Crippen molar-refractivity contribution in [2.24, 2.45) is 5.14 Å². The Morgan fingerprint density at radius 2 is 2.06 bits per heavy atom. The number of fused-ring (bicyclic) bond motifs is 1. The van der Waals surface area contributed by atoms with Crippen LogP contribution in [-0.4, -0.2) is 59.8 Å². The highest BCUT2D eigenvalue weighted by Crippen LogP contribution is 2.52. The van der Waals surface area contributed by atoms with E-state index in [1.165, 1.54) is 23.0 Å². The van der Waals surface area contributed by atoms with Crippen LogP contribution in [0.4, 0.5) is 19.1 Å². The second-order valence-corrected chi connectivity index (χ2v) is 9.57. The summed E-state index contributed by atoms with van der Waals surface area (Å²) in [6, 6.07) is 3.84. The van der Waals surface area contributed by atoms with Crippen molar-refractivity contribution in [1.29, 1.82) is 0 Å². The topological polar surface area (TPSA) is 134 Å². The fourth-order valence-electron chi connectivity index (χ4n) is 4.12. The third-order valence-corrected chi connectivity index (χ3v) is 6.67. The van der Waals surface area contributed by atoms with E-state index in [2.05, 4.69) is 20.4 Å². The van der Waals surface area contributed by atoms with Crippen molar-refractivity contribution in [1.82, 2.24) is 19.6 Å². The lowest BCUT2D eigenvalue weighted by Crippen LogP contribution is -2.46. The van der Waals surface area contributed by atoms with Gasteiger partial charge in [0, 0.05) is 18.9 Å². The Morgan fingerprint density at radius 3 is 2.71 bits per heavy atom. The van der Waals surface area contributed by atoms with Crippen LogP contribution in [-0.2, 0) is 24.6 Å². The molecule has 0 spiro atoms. The number of ether oxygens (including phenoxy) is 1. The number of anilines is 1. The lowest BCUT2D eigenvalue weighted by atomic mass is 9.98. The maximum Gasteiger partial charge on any atom is 0.333 e. The Kier molecular flexibility index (Phi) is 5.70. The third-order valence-electron chi connectivity index (χ3n) is 6.15. The summed E-state index contributed by atoms with van der Waals surface area (Å²) in [7, 11) is -4.21. The number of pyridine rings is 1. The number of alkyl halides is 2. The van der Waals surface area contributed by atoms with Gasteiger partial charge < -0.3 is 10.1 Å². The van der Waals surface area contributed by atoms with Gasteiger partial charge in [-0.2, -0.15) is 8.42 Å². The number of aromatic nitrogens is 4. The first kappa shape index (κ1) is 23.0. The van der Waals surface area contributed by atoms with Crippen molar-refractivity contribution in [3.63, 3.8) is 0 Å². The molecule has 1 saturated heterocycles. The van der Waals surface area contributed by atoms with E-state index < -0.39 is 40.1 Å². The van der Waals surface area contributed by atoms with Gasteiger partial charge in [0.15, 0.2) is 5.82 Å². The predicted octanol–water partition coefficient (Wildman–Crippen LogP) is 2.02. The fraction of sp³-hybridized carbons (Fsp3) is 0.450. The van der Waals surface area contributed by atoms with Crippen LogP contribution in [0.1, 0.15) is 24.8 Å². The largest absolute Gasteiger partial charge is 0.379 e. The number of nitrogens with two attached hydrogens (primary N) is 1.